The molecule has 3 N–H and O–H groups in total. The number of hydrogen-bond donors (Lipinski definition) is 2. The minimum Gasteiger partial charge on any atom is -0.398 e. The van der Waals surface area contributed by atoms with Crippen LogP contribution < -0.4 is 11.1 Å². The van der Waals surface area contributed by atoms with Crippen molar-refractivity contribution in [3.8, 4) is 6.07 Å². The predicted octanol–water partition coefficient (Wildman–Crippen LogP) is 2.42. The number of nitrogens with one attached hydrogen (secondary N) is 1. The van der Waals surface area contributed by atoms with Gasteiger partial charge in [-0.2, -0.15) is 5.26 Å². The summed E-state index contributed by atoms with van der Waals surface area (Å²) in [5, 5.41) is 11.9. The predicted molar refractivity (Wildman–Crippen MR) is 74.3 cm³/mol. The number of hydrogen-bond acceptors (Lipinski definition) is 4. The van der Waals surface area contributed by atoms with Gasteiger partial charge in [0.25, 0.3) is 0 Å². The topological polar surface area (TPSA) is 71.1 Å². The van der Waals surface area contributed by atoms with Crippen LogP contribution in [0.25, 0.3) is 0 Å². The van der Waals surface area contributed by atoms with E-state index in [-0.39, 0.29) is 0 Å². The molecule has 0 aromatic heterocycles. The van der Waals surface area contributed by atoms with Crippen LogP contribution in [-0.2, 0) is 11.2 Å². The lowest BCUT2D eigenvalue weighted by Gasteiger charge is -2.10. The Morgan fingerprint density at radius 3 is 2.89 bits per heavy atom. The van der Waals surface area contributed by atoms with Gasteiger partial charge in [0.2, 0.25) is 0 Å². The zero-order chi connectivity index (χ0) is 13.4. The molecule has 18 heavy (non-hydrogen) atoms. The first kappa shape index (κ1) is 14.3. The summed E-state index contributed by atoms with van der Waals surface area (Å²) in [5.74, 6) is 0.559. The third-order valence-electron chi connectivity index (χ3n) is 2.44. The molecule has 98 valence electrons. The number of nitrogens with zero attached hydrogens (tertiary/aromatic N) is 1. The Labute approximate surface area is 109 Å². The van der Waals surface area contributed by atoms with Crippen molar-refractivity contribution >= 4 is 11.4 Å². The lowest BCUT2D eigenvalue weighted by Crippen LogP contribution is -2.12. The Morgan fingerprint density at radius 2 is 2.22 bits per heavy atom. The van der Waals surface area contributed by atoms with E-state index in [9.17, 15) is 0 Å². The van der Waals surface area contributed by atoms with Gasteiger partial charge in [0, 0.05) is 24.5 Å². The molecule has 1 aromatic carbocycles. The molecule has 1 rings (SSSR count). The maximum absolute atomic E-state index is 8.69. The molecule has 0 aliphatic carbocycles. The van der Waals surface area contributed by atoms with Crippen LogP contribution in [0.4, 0.5) is 11.4 Å². The Hall–Kier alpha value is -1.73. The molecule has 0 aliphatic rings. The highest BCUT2D eigenvalue weighted by molar-refractivity contribution is 5.57. The van der Waals surface area contributed by atoms with Crippen LogP contribution in [0, 0.1) is 17.2 Å². The Morgan fingerprint density at radius 1 is 1.44 bits per heavy atom. The molecular formula is C14H21N3O. The quantitative estimate of drug-likeness (QED) is 0.573. The van der Waals surface area contributed by atoms with Gasteiger partial charge in [0.15, 0.2) is 0 Å². The molecule has 0 spiro atoms. The first-order valence-corrected chi connectivity index (χ1v) is 6.20. The number of ether oxygens (including phenoxy) is 1. The van der Waals surface area contributed by atoms with Gasteiger partial charge in [0.1, 0.15) is 0 Å². The van der Waals surface area contributed by atoms with Crippen molar-refractivity contribution in [1.29, 1.82) is 5.26 Å². The van der Waals surface area contributed by atoms with Gasteiger partial charge in [-0.15, -0.1) is 0 Å². The number of nitrogen functional groups attached to an aromatic ring is 1. The summed E-state index contributed by atoms with van der Waals surface area (Å²) in [6, 6.07) is 7.76. The lowest BCUT2D eigenvalue weighted by atomic mass is 10.1. The Kier molecular flexibility index (Phi) is 6.03. The molecule has 1 aromatic rings. The third kappa shape index (κ3) is 5.07. The highest BCUT2D eigenvalue weighted by Gasteiger charge is 2.00. The fraction of sp³-hybridized carbons (Fsp3) is 0.500. The van der Waals surface area contributed by atoms with Crippen LogP contribution in [0.15, 0.2) is 18.2 Å². The minimum absolute atomic E-state index is 0.338. The molecule has 0 radical (unpaired) electrons. The fourth-order valence-corrected chi connectivity index (χ4v) is 1.54. The van der Waals surface area contributed by atoms with E-state index in [2.05, 4.69) is 25.2 Å². The van der Waals surface area contributed by atoms with Crippen molar-refractivity contribution < 1.29 is 4.74 Å². The number of anilines is 2. The van der Waals surface area contributed by atoms with E-state index in [1.807, 2.05) is 18.2 Å². The Balaban J connectivity index is 2.38. The van der Waals surface area contributed by atoms with Crippen LogP contribution in [-0.4, -0.2) is 19.8 Å². The smallest absolute Gasteiger partial charge is 0.0670 e. The van der Waals surface area contributed by atoms with Crippen LogP contribution in [0.5, 0.6) is 0 Å². The number of nitrogens with two attached hydrogens (primary N) is 1. The summed E-state index contributed by atoms with van der Waals surface area (Å²) >= 11 is 0. The van der Waals surface area contributed by atoms with Crippen LogP contribution >= 0.6 is 0 Å². The van der Waals surface area contributed by atoms with E-state index < -0.39 is 0 Å². The van der Waals surface area contributed by atoms with Gasteiger partial charge in [-0.25, -0.2) is 0 Å². The SMILES string of the molecule is CC(C)COCCNc1ccc(N)c(CC#N)c1. The molecular weight excluding hydrogens is 226 g/mol. The summed E-state index contributed by atoms with van der Waals surface area (Å²) in [4.78, 5) is 0. The normalized spacial score (nSPS) is 10.3. The second kappa shape index (κ2) is 7.57. The zero-order valence-electron chi connectivity index (χ0n) is 11.1. The molecule has 4 heteroatoms. The van der Waals surface area contributed by atoms with Crippen molar-refractivity contribution in [3.05, 3.63) is 23.8 Å². The standard InChI is InChI=1S/C14H21N3O/c1-11(2)10-18-8-7-17-13-3-4-14(16)12(9-13)5-6-15/h3-4,9,11,17H,5,7-8,10,16H2,1-2H3. The molecule has 0 unspecified atom stereocenters. The largest absolute Gasteiger partial charge is 0.398 e. The molecule has 0 bridgehead atoms. The van der Waals surface area contributed by atoms with Crippen LogP contribution in [0.2, 0.25) is 0 Å². The van der Waals surface area contributed by atoms with Crippen molar-refractivity contribution in [2.75, 3.05) is 30.8 Å². The summed E-state index contributed by atoms with van der Waals surface area (Å²) < 4.78 is 5.48. The van der Waals surface area contributed by atoms with E-state index in [4.69, 9.17) is 15.7 Å². The fourth-order valence-electron chi connectivity index (χ4n) is 1.54. The molecule has 0 saturated heterocycles. The van der Waals surface area contributed by atoms with E-state index in [0.717, 1.165) is 24.4 Å². The van der Waals surface area contributed by atoms with Crippen molar-refractivity contribution in [3.63, 3.8) is 0 Å². The average molecular weight is 247 g/mol. The van der Waals surface area contributed by atoms with Gasteiger partial charge in [0.05, 0.1) is 19.1 Å². The van der Waals surface area contributed by atoms with Gasteiger partial charge in [-0.3, -0.25) is 0 Å². The second-order valence-electron chi connectivity index (χ2n) is 4.64. The zero-order valence-corrected chi connectivity index (χ0v) is 11.1. The summed E-state index contributed by atoms with van der Waals surface area (Å²) in [6.45, 7) is 6.46. The lowest BCUT2D eigenvalue weighted by molar-refractivity contribution is 0.118. The van der Waals surface area contributed by atoms with Crippen molar-refractivity contribution in [2.45, 2.75) is 20.3 Å². The highest BCUT2D eigenvalue weighted by Crippen LogP contribution is 2.17. The van der Waals surface area contributed by atoms with Crippen molar-refractivity contribution in [1.82, 2.24) is 0 Å². The van der Waals surface area contributed by atoms with Crippen LogP contribution in [0.1, 0.15) is 19.4 Å². The van der Waals surface area contributed by atoms with Gasteiger partial charge >= 0.3 is 0 Å². The maximum atomic E-state index is 8.69. The van der Waals surface area contributed by atoms with Gasteiger partial charge < -0.3 is 15.8 Å². The van der Waals surface area contributed by atoms with E-state index >= 15 is 0 Å². The number of nitriles is 1. The van der Waals surface area contributed by atoms with E-state index in [0.29, 0.717) is 24.6 Å². The molecule has 4 nitrogen and oxygen atoms in total. The summed E-state index contributed by atoms with van der Waals surface area (Å²) in [6.07, 6.45) is 0.338. The van der Waals surface area contributed by atoms with Gasteiger partial charge in [-0.1, -0.05) is 13.8 Å². The first-order chi connectivity index (χ1) is 8.63. The average Bonchev–Trinajstić information content (AvgIpc) is 2.32. The minimum atomic E-state index is 0.338. The number of rotatable bonds is 7. The highest BCUT2D eigenvalue weighted by atomic mass is 16.5. The molecule has 0 saturated carbocycles. The monoisotopic (exact) mass is 247 g/mol. The summed E-state index contributed by atoms with van der Waals surface area (Å²) in [7, 11) is 0. The first-order valence-electron chi connectivity index (χ1n) is 6.20. The third-order valence-corrected chi connectivity index (χ3v) is 2.44. The van der Waals surface area contributed by atoms with E-state index in [1.54, 1.807) is 0 Å². The molecule has 0 amide bonds. The second-order valence-corrected chi connectivity index (χ2v) is 4.64. The van der Waals surface area contributed by atoms with E-state index in [1.165, 1.54) is 0 Å². The molecule has 0 heterocycles. The molecule has 0 fully saturated rings. The van der Waals surface area contributed by atoms with Gasteiger partial charge in [-0.05, 0) is 29.7 Å². The summed E-state index contributed by atoms with van der Waals surface area (Å²) in [5.41, 5.74) is 8.29. The molecule has 0 aliphatic heterocycles. The van der Waals surface area contributed by atoms with Crippen molar-refractivity contribution in [2.24, 2.45) is 5.92 Å². The molecule has 0 atom stereocenters. The van der Waals surface area contributed by atoms with Crippen LogP contribution in [0.3, 0.4) is 0 Å². The number of benzene rings is 1. The Bertz CT molecular complexity index is 410. The maximum Gasteiger partial charge on any atom is 0.0670 e.